The third-order valence-corrected chi connectivity index (χ3v) is 4.85. The van der Waals surface area contributed by atoms with E-state index in [1.54, 1.807) is 7.11 Å². The zero-order valence-electron chi connectivity index (χ0n) is 16.5. The van der Waals surface area contributed by atoms with Crippen molar-refractivity contribution >= 4 is 5.91 Å². The summed E-state index contributed by atoms with van der Waals surface area (Å²) in [7, 11) is 1.60. The lowest BCUT2D eigenvalue weighted by atomic mass is 10.1. The number of carbonyl (C=O) groups is 1. The van der Waals surface area contributed by atoms with Crippen molar-refractivity contribution in [2.45, 2.75) is 39.8 Å². The number of methoxy groups -OCH3 is 1. The van der Waals surface area contributed by atoms with Crippen molar-refractivity contribution in [3.63, 3.8) is 0 Å². The van der Waals surface area contributed by atoms with Crippen LogP contribution in [0.25, 0.3) is 0 Å². The Hall–Kier alpha value is -2.18. The number of aryl methyl sites for hydroxylation is 2. The number of amides is 1. The Kier molecular flexibility index (Phi) is 6.63. The van der Waals surface area contributed by atoms with Gasteiger partial charge in [0.2, 0.25) is 5.89 Å². The van der Waals surface area contributed by atoms with Crippen LogP contribution in [0.4, 0.5) is 0 Å². The van der Waals surface area contributed by atoms with Crippen LogP contribution in [0.5, 0.6) is 0 Å². The first-order chi connectivity index (χ1) is 13.0. The SMILES string of the molecule is COCCNC(=O)c1coc(CN(Cc2cc(C)ccc2C)CC2CC2)n1. The number of rotatable bonds is 10. The Morgan fingerprint density at radius 3 is 2.89 bits per heavy atom. The highest BCUT2D eigenvalue weighted by molar-refractivity contribution is 5.91. The minimum Gasteiger partial charge on any atom is -0.447 e. The lowest BCUT2D eigenvalue weighted by Crippen LogP contribution is -2.28. The summed E-state index contributed by atoms with van der Waals surface area (Å²) >= 11 is 0. The highest BCUT2D eigenvalue weighted by Gasteiger charge is 2.25. The summed E-state index contributed by atoms with van der Waals surface area (Å²) in [6.45, 7) is 7.70. The molecule has 6 nitrogen and oxygen atoms in total. The number of benzene rings is 1. The second-order valence-corrected chi connectivity index (χ2v) is 7.42. The largest absolute Gasteiger partial charge is 0.447 e. The summed E-state index contributed by atoms with van der Waals surface area (Å²) in [5.74, 6) is 1.12. The molecule has 2 aromatic rings. The molecule has 0 aliphatic heterocycles. The average molecular weight is 371 g/mol. The molecular weight excluding hydrogens is 342 g/mol. The highest BCUT2D eigenvalue weighted by atomic mass is 16.5. The average Bonchev–Trinajstić information content (AvgIpc) is 3.33. The molecule has 146 valence electrons. The van der Waals surface area contributed by atoms with Gasteiger partial charge in [-0.2, -0.15) is 0 Å². The molecule has 0 atom stereocenters. The van der Waals surface area contributed by atoms with Crippen LogP contribution in [0.1, 0.15) is 45.9 Å². The minimum atomic E-state index is -0.231. The molecule has 1 saturated carbocycles. The molecule has 3 rings (SSSR count). The number of aromatic nitrogens is 1. The molecule has 1 aromatic carbocycles. The van der Waals surface area contributed by atoms with E-state index in [1.165, 1.54) is 35.8 Å². The molecule has 1 aliphatic rings. The highest BCUT2D eigenvalue weighted by Crippen LogP contribution is 2.31. The quantitative estimate of drug-likeness (QED) is 0.650. The third kappa shape index (κ3) is 5.91. The van der Waals surface area contributed by atoms with Crippen LogP contribution in [0, 0.1) is 19.8 Å². The maximum Gasteiger partial charge on any atom is 0.273 e. The Balaban J connectivity index is 1.64. The molecule has 6 heteroatoms. The fraction of sp³-hybridized carbons (Fsp3) is 0.524. The first-order valence-corrected chi connectivity index (χ1v) is 9.55. The van der Waals surface area contributed by atoms with E-state index in [-0.39, 0.29) is 5.91 Å². The lowest BCUT2D eigenvalue weighted by molar-refractivity contribution is 0.0932. The van der Waals surface area contributed by atoms with Crippen molar-refractivity contribution in [2.75, 3.05) is 26.8 Å². The smallest absolute Gasteiger partial charge is 0.273 e. The molecule has 1 fully saturated rings. The summed E-state index contributed by atoms with van der Waals surface area (Å²) in [6, 6.07) is 6.57. The number of nitrogens with zero attached hydrogens (tertiary/aromatic N) is 2. The predicted octanol–water partition coefficient (Wildman–Crippen LogP) is 3.08. The van der Waals surface area contributed by atoms with Gasteiger partial charge >= 0.3 is 0 Å². The maximum atomic E-state index is 12.1. The van der Waals surface area contributed by atoms with E-state index >= 15 is 0 Å². The molecule has 0 saturated heterocycles. The van der Waals surface area contributed by atoms with Crippen molar-refractivity contribution in [3.8, 4) is 0 Å². The molecule has 1 amide bonds. The number of hydrogen-bond donors (Lipinski definition) is 1. The van der Waals surface area contributed by atoms with Crippen LogP contribution >= 0.6 is 0 Å². The topological polar surface area (TPSA) is 67.6 Å². The summed E-state index contributed by atoms with van der Waals surface area (Å²) < 4.78 is 10.5. The van der Waals surface area contributed by atoms with E-state index in [0.717, 1.165) is 19.0 Å². The normalized spacial score (nSPS) is 13.9. The number of oxazole rings is 1. The van der Waals surface area contributed by atoms with E-state index in [2.05, 4.69) is 47.2 Å². The van der Waals surface area contributed by atoms with Gasteiger partial charge in [-0.15, -0.1) is 0 Å². The molecule has 1 heterocycles. The lowest BCUT2D eigenvalue weighted by Gasteiger charge is -2.22. The zero-order chi connectivity index (χ0) is 19.2. The van der Waals surface area contributed by atoms with Crippen LogP contribution in [-0.2, 0) is 17.8 Å². The molecule has 27 heavy (non-hydrogen) atoms. The van der Waals surface area contributed by atoms with Crippen LogP contribution < -0.4 is 5.32 Å². The Morgan fingerprint density at radius 1 is 1.33 bits per heavy atom. The van der Waals surface area contributed by atoms with Gasteiger partial charge < -0.3 is 14.5 Å². The van der Waals surface area contributed by atoms with Crippen LogP contribution in [0.15, 0.2) is 28.9 Å². The van der Waals surface area contributed by atoms with Gasteiger partial charge in [0, 0.05) is 26.7 Å². The molecule has 0 spiro atoms. The van der Waals surface area contributed by atoms with Gasteiger partial charge in [-0.25, -0.2) is 4.98 Å². The van der Waals surface area contributed by atoms with Gasteiger partial charge in [0.25, 0.3) is 5.91 Å². The fourth-order valence-corrected chi connectivity index (χ4v) is 3.10. The van der Waals surface area contributed by atoms with Crippen molar-refractivity contribution < 1.29 is 13.9 Å². The Morgan fingerprint density at radius 2 is 2.15 bits per heavy atom. The van der Waals surface area contributed by atoms with Crippen molar-refractivity contribution in [1.82, 2.24) is 15.2 Å². The standard InChI is InChI=1S/C21H29N3O3/c1-15-4-5-16(2)18(10-15)12-24(11-17-6-7-17)13-20-23-19(14-27-20)21(25)22-8-9-26-3/h4-5,10,14,17H,6-9,11-13H2,1-3H3,(H,22,25). The predicted molar refractivity (Wildman–Crippen MR) is 103 cm³/mol. The Labute approximate surface area is 160 Å². The second-order valence-electron chi connectivity index (χ2n) is 7.42. The van der Waals surface area contributed by atoms with E-state index in [4.69, 9.17) is 9.15 Å². The van der Waals surface area contributed by atoms with Crippen LogP contribution in [0.3, 0.4) is 0 Å². The molecule has 0 unspecified atom stereocenters. The fourth-order valence-electron chi connectivity index (χ4n) is 3.10. The molecule has 0 radical (unpaired) electrons. The van der Waals surface area contributed by atoms with Gasteiger partial charge in [-0.05, 0) is 43.7 Å². The van der Waals surface area contributed by atoms with Gasteiger partial charge in [-0.3, -0.25) is 9.69 Å². The van der Waals surface area contributed by atoms with E-state index in [0.29, 0.717) is 31.3 Å². The van der Waals surface area contributed by atoms with Crippen LogP contribution in [-0.4, -0.2) is 42.6 Å². The summed E-state index contributed by atoms with van der Waals surface area (Å²) in [6.07, 6.45) is 4.02. The van der Waals surface area contributed by atoms with Gasteiger partial charge in [0.15, 0.2) is 5.69 Å². The molecule has 1 aromatic heterocycles. The molecular formula is C21H29N3O3. The number of ether oxygens (including phenoxy) is 1. The number of hydrogen-bond acceptors (Lipinski definition) is 5. The van der Waals surface area contributed by atoms with E-state index in [9.17, 15) is 4.79 Å². The second kappa shape index (κ2) is 9.15. The summed E-state index contributed by atoms with van der Waals surface area (Å²) in [4.78, 5) is 18.8. The number of nitrogens with one attached hydrogen (secondary N) is 1. The molecule has 1 N–H and O–H groups in total. The van der Waals surface area contributed by atoms with Gasteiger partial charge in [0.1, 0.15) is 6.26 Å². The minimum absolute atomic E-state index is 0.231. The van der Waals surface area contributed by atoms with Gasteiger partial charge in [-0.1, -0.05) is 23.8 Å². The number of carbonyl (C=O) groups excluding carboxylic acids is 1. The molecule has 0 bridgehead atoms. The molecule has 1 aliphatic carbocycles. The zero-order valence-corrected chi connectivity index (χ0v) is 16.5. The third-order valence-electron chi connectivity index (χ3n) is 4.85. The van der Waals surface area contributed by atoms with Crippen molar-refractivity contribution in [1.29, 1.82) is 0 Å². The maximum absolute atomic E-state index is 12.1. The Bertz CT molecular complexity index is 768. The van der Waals surface area contributed by atoms with Crippen molar-refractivity contribution in [3.05, 3.63) is 52.7 Å². The first kappa shape index (κ1) is 19.6. The van der Waals surface area contributed by atoms with E-state index in [1.807, 2.05) is 0 Å². The summed E-state index contributed by atoms with van der Waals surface area (Å²) in [5.41, 5.74) is 4.22. The monoisotopic (exact) mass is 371 g/mol. The van der Waals surface area contributed by atoms with Crippen LogP contribution in [0.2, 0.25) is 0 Å². The summed E-state index contributed by atoms with van der Waals surface area (Å²) in [5, 5.41) is 2.76. The first-order valence-electron chi connectivity index (χ1n) is 9.55. The van der Waals surface area contributed by atoms with Crippen molar-refractivity contribution in [2.24, 2.45) is 5.92 Å². The van der Waals surface area contributed by atoms with E-state index < -0.39 is 0 Å². The van der Waals surface area contributed by atoms with Gasteiger partial charge in [0.05, 0.1) is 13.2 Å².